The summed E-state index contributed by atoms with van der Waals surface area (Å²) in [5, 5.41) is 5.38. The molecule has 0 radical (unpaired) electrons. The van der Waals surface area contributed by atoms with Crippen molar-refractivity contribution in [3.05, 3.63) is 18.2 Å². The number of carbonyl (C=O) groups excluding carboxylic acids is 2. The number of aromatic nitrogens is 1. The fourth-order valence-corrected chi connectivity index (χ4v) is 2.48. The number of rotatable bonds is 4. The van der Waals surface area contributed by atoms with Crippen LogP contribution in [0.2, 0.25) is 0 Å². The normalized spacial score (nSPS) is 11.9. The number of amides is 3. The quantitative estimate of drug-likeness (QED) is 0.790. The molecule has 1 aromatic carbocycles. The van der Waals surface area contributed by atoms with Crippen LogP contribution in [0.15, 0.2) is 18.2 Å². The van der Waals surface area contributed by atoms with E-state index in [0.717, 1.165) is 16.0 Å². The molecule has 1 heterocycles. The van der Waals surface area contributed by atoms with Gasteiger partial charge in [0, 0.05) is 0 Å². The molecule has 0 bridgehead atoms. The average molecular weight is 294 g/mol. The lowest BCUT2D eigenvalue weighted by Gasteiger charge is -2.10. The molecule has 2 rings (SSSR count). The van der Waals surface area contributed by atoms with Crippen LogP contribution in [-0.4, -0.2) is 30.1 Å². The average Bonchev–Trinajstić information content (AvgIpc) is 2.78. The molecule has 106 valence electrons. The van der Waals surface area contributed by atoms with Gasteiger partial charge >= 0.3 is 6.03 Å². The van der Waals surface area contributed by atoms with Gasteiger partial charge in [-0.3, -0.25) is 4.79 Å². The Morgan fingerprint density at radius 2 is 2.20 bits per heavy atom. The number of nitrogens with zero attached hydrogens (tertiary/aromatic N) is 1. The number of ether oxygens (including phenoxy) is 1. The Bertz CT molecular complexity index is 655. The van der Waals surface area contributed by atoms with E-state index in [4.69, 9.17) is 10.5 Å². The van der Waals surface area contributed by atoms with Gasteiger partial charge in [-0.2, -0.15) is 0 Å². The van der Waals surface area contributed by atoms with Gasteiger partial charge in [-0.15, -0.1) is 0 Å². The number of fused-ring (bicyclic) bond motifs is 1. The van der Waals surface area contributed by atoms with Crippen molar-refractivity contribution in [3.8, 4) is 5.75 Å². The Kier molecular flexibility index (Phi) is 4.04. The van der Waals surface area contributed by atoms with Crippen molar-refractivity contribution in [1.82, 2.24) is 10.3 Å². The van der Waals surface area contributed by atoms with Crippen molar-refractivity contribution in [3.63, 3.8) is 0 Å². The van der Waals surface area contributed by atoms with Crippen molar-refractivity contribution in [2.24, 2.45) is 5.73 Å². The topological polar surface area (TPSA) is 106 Å². The lowest BCUT2D eigenvalue weighted by molar-refractivity contribution is -0.117. The van der Waals surface area contributed by atoms with E-state index in [1.54, 1.807) is 13.2 Å². The molecule has 4 N–H and O–H groups in total. The van der Waals surface area contributed by atoms with Crippen LogP contribution >= 0.6 is 11.3 Å². The number of nitrogens with one attached hydrogen (secondary N) is 2. The number of primary amides is 1. The van der Waals surface area contributed by atoms with Crippen LogP contribution in [0.5, 0.6) is 5.75 Å². The van der Waals surface area contributed by atoms with Crippen LogP contribution in [0, 0.1) is 0 Å². The van der Waals surface area contributed by atoms with Gasteiger partial charge in [0.1, 0.15) is 11.8 Å². The minimum absolute atomic E-state index is 0.380. The molecular formula is C12H14N4O3S. The first-order chi connectivity index (χ1) is 9.49. The number of hydrogen-bond acceptors (Lipinski definition) is 5. The summed E-state index contributed by atoms with van der Waals surface area (Å²) in [6, 6.07) is 3.97. The van der Waals surface area contributed by atoms with E-state index in [0.29, 0.717) is 5.13 Å². The summed E-state index contributed by atoms with van der Waals surface area (Å²) in [6.45, 7) is 1.54. The van der Waals surface area contributed by atoms with E-state index >= 15 is 0 Å². The minimum Gasteiger partial charge on any atom is -0.497 e. The maximum Gasteiger partial charge on any atom is 0.312 e. The molecular weight excluding hydrogens is 280 g/mol. The van der Waals surface area contributed by atoms with Gasteiger partial charge in [0.05, 0.1) is 17.3 Å². The lowest BCUT2D eigenvalue weighted by Crippen LogP contribution is -2.44. The molecule has 1 unspecified atom stereocenters. The van der Waals surface area contributed by atoms with Gasteiger partial charge in [0.25, 0.3) is 0 Å². The van der Waals surface area contributed by atoms with Crippen LogP contribution in [0.1, 0.15) is 6.92 Å². The van der Waals surface area contributed by atoms with Crippen LogP contribution in [0.3, 0.4) is 0 Å². The van der Waals surface area contributed by atoms with Gasteiger partial charge in [-0.1, -0.05) is 11.3 Å². The second kappa shape index (κ2) is 5.74. The molecule has 8 heteroatoms. The Balaban J connectivity index is 2.13. The predicted molar refractivity (Wildman–Crippen MR) is 77.0 cm³/mol. The lowest BCUT2D eigenvalue weighted by atomic mass is 10.3. The Hall–Kier alpha value is -2.35. The molecule has 20 heavy (non-hydrogen) atoms. The number of methoxy groups -OCH3 is 1. The van der Waals surface area contributed by atoms with Crippen LogP contribution in [-0.2, 0) is 4.79 Å². The van der Waals surface area contributed by atoms with Crippen molar-refractivity contribution < 1.29 is 14.3 Å². The zero-order valence-corrected chi connectivity index (χ0v) is 11.8. The smallest absolute Gasteiger partial charge is 0.312 e. The van der Waals surface area contributed by atoms with Gasteiger partial charge in [0.15, 0.2) is 5.13 Å². The van der Waals surface area contributed by atoms with Crippen molar-refractivity contribution >= 4 is 38.6 Å². The number of thiazole rings is 1. The SMILES string of the molecule is COc1ccc2nc(NC(=O)C(C)NC(N)=O)sc2c1. The zero-order valence-electron chi connectivity index (χ0n) is 11.0. The fourth-order valence-electron chi connectivity index (χ4n) is 1.58. The van der Waals surface area contributed by atoms with Crippen molar-refractivity contribution in [2.45, 2.75) is 13.0 Å². The summed E-state index contributed by atoms with van der Waals surface area (Å²) in [6.07, 6.45) is 0. The van der Waals surface area contributed by atoms with Crippen LogP contribution < -0.4 is 21.1 Å². The number of benzene rings is 1. The highest BCUT2D eigenvalue weighted by Gasteiger charge is 2.16. The summed E-state index contributed by atoms with van der Waals surface area (Å²) < 4.78 is 6.02. The molecule has 1 aromatic heterocycles. The highest BCUT2D eigenvalue weighted by molar-refractivity contribution is 7.22. The summed E-state index contributed by atoms with van der Waals surface area (Å²) >= 11 is 1.32. The second-order valence-corrected chi connectivity index (χ2v) is 5.10. The Morgan fingerprint density at radius 3 is 2.85 bits per heavy atom. The maximum atomic E-state index is 11.8. The van der Waals surface area contributed by atoms with Crippen LogP contribution in [0.25, 0.3) is 10.2 Å². The Labute approximate surface area is 119 Å². The minimum atomic E-state index is -0.748. The Morgan fingerprint density at radius 1 is 1.45 bits per heavy atom. The highest BCUT2D eigenvalue weighted by Crippen LogP contribution is 2.29. The van der Waals surface area contributed by atoms with Crippen molar-refractivity contribution in [1.29, 1.82) is 0 Å². The largest absolute Gasteiger partial charge is 0.497 e. The number of hydrogen-bond donors (Lipinski definition) is 3. The molecule has 0 aliphatic carbocycles. The molecule has 0 fully saturated rings. The number of urea groups is 1. The van der Waals surface area contributed by atoms with E-state index in [1.165, 1.54) is 18.3 Å². The predicted octanol–water partition coefficient (Wildman–Crippen LogP) is 1.30. The highest BCUT2D eigenvalue weighted by atomic mass is 32.1. The standard InChI is InChI=1S/C12H14N4O3S/c1-6(14-11(13)18)10(17)16-12-15-8-4-3-7(19-2)5-9(8)20-12/h3-6H,1-2H3,(H3,13,14,18)(H,15,16,17). The monoisotopic (exact) mass is 294 g/mol. The van der Waals surface area contributed by atoms with Gasteiger partial charge < -0.3 is 21.1 Å². The van der Waals surface area contributed by atoms with Crippen molar-refractivity contribution in [2.75, 3.05) is 12.4 Å². The fraction of sp³-hybridized carbons (Fsp3) is 0.250. The van der Waals surface area contributed by atoms with E-state index in [-0.39, 0.29) is 5.91 Å². The summed E-state index contributed by atoms with van der Waals surface area (Å²) in [4.78, 5) is 26.8. The second-order valence-electron chi connectivity index (χ2n) is 4.07. The molecule has 0 aliphatic heterocycles. The molecule has 0 saturated heterocycles. The van der Waals surface area contributed by atoms with E-state index in [1.807, 2.05) is 12.1 Å². The van der Waals surface area contributed by atoms with E-state index in [9.17, 15) is 9.59 Å². The maximum absolute atomic E-state index is 11.8. The molecule has 2 aromatic rings. The molecule has 0 spiro atoms. The van der Waals surface area contributed by atoms with Gasteiger partial charge in [-0.05, 0) is 25.1 Å². The first kappa shape index (κ1) is 14.1. The zero-order chi connectivity index (χ0) is 14.7. The van der Waals surface area contributed by atoms with Crippen LogP contribution in [0.4, 0.5) is 9.93 Å². The van der Waals surface area contributed by atoms with E-state index < -0.39 is 12.1 Å². The van der Waals surface area contributed by atoms with Gasteiger partial charge in [0.2, 0.25) is 5.91 Å². The number of nitrogens with two attached hydrogens (primary N) is 1. The van der Waals surface area contributed by atoms with Gasteiger partial charge in [-0.25, -0.2) is 9.78 Å². The molecule has 7 nitrogen and oxygen atoms in total. The summed E-state index contributed by atoms with van der Waals surface area (Å²) in [5.41, 5.74) is 5.73. The summed E-state index contributed by atoms with van der Waals surface area (Å²) in [7, 11) is 1.59. The molecule has 1 atom stereocenters. The third kappa shape index (κ3) is 3.15. The number of carbonyl (C=O) groups is 2. The summed E-state index contributed by atoms with van der Waals surface area (Å²) in [5.74, 6) is 0.345. The third-order valence-corrected chi connectivity index (χ3v) is 3.51. The third-order valence-electron chi connectivity index (χ3n) is 2.58. The number of anilines is 1. The molecule has 3 amide bonds. The molecule has 0 saturated carbocycles. The first-order valence-electron chi connectivity index (χ1n) is 5.81. The first-order valence-corrected chi connectivity index (χ1v) is 6.62. The molecule has 0 aliphatic rings. The van der Waals surface area contributed by atoms with E-state index in [2.05, 4.69) is 15.6 Å².